The smallest absolute Gasteiger partial charge is 0.195 e. The van der Waals surface area contributed by atoms with E-state index in [0.717, 1.165) is 17.9 Å². The molecular weight excluding hydrogens is 370 g/mol. The Bertz CT molecular complexity index is 767. The Kier molecular flexibility index (Phi) is 9.65. The second-order valence-electron chi connectivity index (χ2n) is 6.38. The normalized spacial score (nSPS) is 12.2. The highest BCUT2D eigenvalue weighted by atomic mass is 16.5. The molecule has 0 aliphatic carbocycles. The van der Waals surface area contributed by atoms with Crippen LogP contribution in [0.4, 0.5) is 5.69 Å². The number of methoxy groups -OCH3 is 2. The molecule has 2 aromatic carbocycles. The molecule has 1 atom stereocenters. The Morgan fingerprint density at radius 2 is 1.83 bits per heavy atom. The summed E-state index contributed by atoms with van der Waals surface area (Å²) in [6.45, 7) is 3.86. The third kappa shape index (κ3) is 7.91. The first-order valence-corrected chi connectivity index (χ1v) is 9.65. The van der Waals surface area contributed by atoms with E-state index >= 15 is 0 Å². The lowest BCUT2D eigenvalue weighted by atomic mass is 10.3. The van der Waals surface area contributed by atoms with E-state index in [1.165, 1.54) is 0 Å². The van der Waals surface area contributed by atoms with E-state index in [4.69, 9.17) is 18.9 Å². The number of aliphatic imine (C=N–C) groups is 1. The van der Waals surface area contributed by atoms with Gasteiger partial charge in [0.2, 0.25) is 0 Å². The van der Waals surface area contributed by atoms with Gasteiger partial charge in [0.15, 0.2) is 17.5 Å². The van der Waals surface area contributed by atoms with Crippen molar-refractivity contribution in [3.05, 3.63) is 48.5 Å². The van der Waals surface area contributed by atoms with Crippen LogP contribution in [0.15, 0.2) is 53.5 Å². The van der Waals surface area contributed by atoms with Crippen LogP contribution in [-0.4, -0.2) is 53.1 Å². The van der Waals surface area contributed by atoms with E-state index in [1.54, 1.807) is 21.3 Å². The average Bonchev–Trinajstić information content (AvgIpc) is 2.75. The van der Waals surface area contributed by atoms with Gasteiger partial charge in [0, 0.05) is 38.9 Å². The number of nitrogens with zero attached hydrogens (tertiary/aromatic N) is 1. The number of nitrogens with one attached hydrogen (secondary N) is 2. The summed E-state index contributed by atoms with van der Waals surface area (Å²) in [6, 6.07) is 15.4. The van der Waals surface area contributed by atoms with Gasteiger partial charge in [-0.1, -0.05) is 18.2 Å². The molecule has 7 heteroatoms. The molecule has 1 unspecified atom stereocenters. The number of anilines is 1. The van der Waals surface area contributed by atoms with Gasteiger partial charge in [-0.25, -0.2) is 0 Å². The number of para-hydroxylation sites is 2. The minimum Gasteiger partial charge on any atom is -0.493 e. The van der Waals surface area contributed by atoms with Gasteiger partial charge in [-0.3, -0.25) is 4.99 Å². The van der Waals surface area contributed by atoms with Crippen LogP contribution in [0.5, 0.6) is 17.2 Å². The van der Waals surface area contributed by atoms with Crippen LogP contribution in [0, 0.1) is 0 Å². The fourth-order valence-corrected chi connectivity index (χ4v) is 2.59. The van der Waals surface area contributed by atoms with Crippen molar-refractivity contribution in [3.8, 4) is 17.2 Å². The zero-order valence-electron chi connectivity index (χ0n) is 17.6. The summed E-state index contributed by atoms with van der Waals surface area (Å²) in [5, 5.41) is 6.54. The summed E-state index contributed by atoms with van der Waals surface area (Å²) in [4.78, 5) is 4.27. The van der Waals surface area contributed by atoms with Crippen molar-refractivity contribution in [1.29, 1.82) is 0 Å². The van der Waals surface area contributed by atoms with Crippen molar-refractivity contribution in [2.75, 3.05) is 46.3 Å². The number of hydrogen-bond donors (Lipinski definition) is 2. The molecule has 0 heterocycles. The van der Waals surface area contributed by atoms with Crippen LogP contribution < -0.4 is 24.8 Å². The van der Waals surface area contributed by atoms with Gasteiger partial charge in [0.25, 0.3) is 0 Å². The van der Waals surface area contributed by atoms with Crippen molar-refractivity contribution in [2.45, 2.75) is 19.4 Å². The average molecular weight is 402 g/mol. The lowest BCUT2D eigenvalue weighted by Gasteiger charge is -2.19. The Morgan fingerprint density at radius 1 is 1.03 bits per heavy atom. The highest BCUT2D eigenvalue weighted by Gasteiger charge is 2.09. The molecule has 0 aliphatic rings. The Morgan fingerprint density at radius 3 is 2.55 bits per heavy atom. The van der Waals surface area contributed by atoms with Crippen molar-refractivity contribution in [3.63, 3.8) is 0 Å². The van der Waals surface area contributed by atoms with E-state index in [9.17, 15) is 0 Å². The second kappa shape index (κ2) is 12.5. The molecule has 2 N–H and O–H groups in total. The summed E-state index contributed by atoms with van der Waals surface area (Å²) in [6.07, 6.45) is 0.766. The van der Waals surface area contributed by atoms with Crippen LogP contribution in [0.25, 0.3) is 0 Å². The molecule has 0 saturated heterocycles. The summed E-state index contributed by atoms with van der Waals surface area (Å²) in [7, 11) is 5.05. The molecule has 0 amide bonds. The Balaban J connectivity index is 1.84. The summed E-state index contributed by atoms with van der Waals surface area (Å²) < 4.78 is 22.1. The molecule has 29 heavy (non-hydrogen) atoms. The highest BCUT2D eigenvalue weighted by Crippen LogP contribution is 2.26. The number of hydrogen-bond acceptors (Lipinski definition) is 5. The molecule has 2 rings (SSSR count). The molecule has 0 bridgehead atoms. The molecule has 2 aromatic rings. The zero-order valence-corrected chi connectivity index (χ0v) is 17.6. The number of guanidine groups is 1. The van der Waals surface area contributed by atoms with Crippen LogP contribution in [-0.2, 0) is 4.74 Å². The molecule has 0 aliphatic heterocycles. The van der Waals surface area contributed by atoms with Crippen molar-refractivity contribution >= 4 is 11.6 Å². The summed E-state index contributed by atoms with van der Waals surface area (Å²) in [5.74, 6) is 2.88. The van der Waals surface area contributed by atoms with Gasteiger partial charge >= 0.3 is 0 Å². The minimum absolute atomic E-state index is 0.0831. The maximum absolute atomic E-state index is 5.96. The SMILES string of the molecule is CN=C(NCC(C)Oc1ccccc1OC)Nc1cccc(OCCCOC)c1. The van der Waals surface area contributed by atoms with Crippen LogP contribution >= 0.6 is 0 Å². The highest BCUT2D eigenvalue weighted by molar-refractivity contribution is 5.93. The van der Waals surface area contributed by atoms with E-state index in [1.807, 2.05) is 55.5 Å². The van der Waals surface area contributed by atoms with Gasteiger partial charge in [-0.15, -0.1) is 0 Å². The third-order valence-electron chi connectivity index (χ3n) is 4.04. The molecule has 0 saturated carbocycles. The van der Waals surface area contributed by atoms with Crippen molar-refractivity contribution in [1.82, 2.24) is 5.32 Å². The van der Waals surface area contributed by atoms with Gasteiger partial charge in [-0.2, -0.15) is 0 Å². The molecule has 0 aromatic heterocycles. The topological polar surface area (TPSA) is 73.3 Å². The van der Waals surface area contributed by atoms with Gasteiger partial charge in [0.05, 0.1) is 20.3 Å². The number of rotatable bonds is 11. The Labute approximate surface area is 173 Å². The maximum Gasteiger partial charge on any atom is 0.195 e. The van der Waals surface area contributed by atoms with Crippen LogP contribution in [0.1, 0.15) is 13.3 Å². The molecule has 0 spiro atoms. The van der Waals surface area contributed by atoms with Gasteiger partial charge in [0.1, 0.15) is 11.9 Å². The van der Waals surface area contributed by atoms with Gasteiger partial charge in [-0.05, 0) is 31.2 Å². The summed E-state index contributed by atoms with van der Waals surface area (Å²) in [5.41, 5.74) is 0.889. The zero-order chi connectivity index (χ0) is 20.9. The fourth-order valence-electron chi connectivity index (χ4n) is 2.59. The lowest BCUT2D eigenvalue weighted by molar-refractivity contribution is 0.172. The molecule has 7 nitrogen and oxygen atoms in total. The quantitative estimate of drug-likeness (QED) is 0.341. The van der Waals surface area contributed by atoms with E-state index in [-0.39, 0.29) is 6.10 Å². The van der Waals surface area contributed by atoms with Crippen LogP contribution in [0.3, 0.4) is 0 Å². The monoisotopic (exact) mass is 401 g/mol. The molecule has 0 radical (unpaired) electrons. The number of benzene rings is 2. The van der Waals surface area contributed by atoms with E-state index in [2.05, 4.69) is 15.6 Å². The van der Waals surface area contributed by atoms with Crippen molar-refractivity contribution in [2.24, 2.45) is 4.99 Å². The molecular formula is C22H31N3O4. The van der Waals surface area contributed by atoms with Crippen LogP contribution in [0.2, 0.25) is 0 Å². The van der Waals surface area contributed by atoms with E-state index < -0.39 is 0 Å². The predicted octanol–water partition coefficient (Wildman–Crippen LogP) is 3.57. The lowest BCUT2D eigenvalue weighted by Crippen LogP contribution is -2.37. The fraction of sp³-hybridized carbons (Fsp3) is 0.409. The standard InChI is InChI=1S/C22H31N3O4/c1-17(29-21-12-6-5-11-20(21)27-4)16-24-22(23-2)25-18-9-7-10-19(15-18)28-14-8-13-26-3/h5-7,9-12,15,17H,8,13-14,16H2,1-4H3,(H2,23,24,25). The Hall–Kier alpha value is -2.93. The maximum atomic E-state index is 5.96. The first kappa shape index (κ1) is 22.4. The first-order valence-electron chi connectivity index (χ1n) is 9.65. The second-order valence-corrected chi connectivity index (χ2v) is 6.38. The molecule has 0 fully saturated rings. The number of ether oxygens (including phenoxy) is 4. The summed E-state index contributed by atoms with van der Waals surface area (Å²) >= 11 is 0. The predicted molar refractivity (Wildman–Crippen MR) is 116 cm³/mol. The third-order valence-corrected chi connectivity index (χ3v) is 4.04. The van der Waals surface area contributed by atoms with E-state index in [0.29, 0.717) is 37.2 Å². The first-order chi connectivity index (χ1) is 14.2. The minimum atomic E-state index is -0.0831. The largest absolute Gasteiger partial charge is 0.493 e. The van der Waals surface area contributed by atoms with Crippen molar-refractivity contribution < 1.29 is 18.9 Å². The molecule has 158 valence electrons. The van der Waals surface area contributed by atoms with Gasteiger partial charge < -0.3 is 29.6 Å².